The molecule has 0 bridgehead atoms. The molecule has 0 saturated carbocycles. The van der Waals surface area contributed by atoms with Crippen LogP contribution in [0.1, 0.15) is 33.6 Å². The summed E-state index contributed by atoms with van der Waals surface area (Å²) in [6, 6.07) is 0. The molecule has 2 heteroatoms. The van der Waals surface area contributed by atoms with E-state index in [4.69, 9.17) is 4.74 Å². The van der Waals surface area contributed by atoms with Gasteiger partial charge in [0.25, 0.3) is 0 Å². The summed E-state index contributed by atoms with van der Waals surface area (Å²) in [5.74, 6) is 0. The summed E-state index contributed by atoms with van der Waals surface area (Å²) in [5.41, 5.74) is 0.689. The molecule has 2 nitrogen and oxygen atoms in total. The van der Waals surface area contributed by atoms with E-state index in [1.807, 2.05) is 6.92 Å². The standard InChI is InChI=1S/C10H18O2/c1-8(2)5-4-6-10(3,11)9-7-12-9/h5,9,11H,4,6-7H2,1-3H3/t9-,10?/m0/s1. The smallest absolute Gasteiger partial charge is 0.109 e. The molecule has 12 heavy (non-hydrogen) atoms. The summed E-state index contributed by atoms with van der Waals surface area (Å²) in [6.45, 7) is 6.72. The number of ether oxygens (including phenoxy) is 1. The highest BCUT2D eigenvalue weighted by Gasteiger charge is 2.40. The molecular formula is C10H18O2. The molecule has 0 aromatic carbocycles. The number of allylic oxidation sites excluding steroid dienone is 2. The first-order chi connectivity index (χ1) is 5.52. The van der Waals surface area contributed by atoms with E-state index in [1.165, 1.54) is 5.57 Å². The van der Waals surface area contributed by atoms with Crippen molar-refractivity contribution in [2.45, 2.75) is 45.3 Å². The van der Waals surface area contributed by atoms with Gasteiger partial charge in [-0.15, -0.1) is 0 Å². The van der Waals surface area contributed by atoms with Gasteiger partial charge in [-0.25, -0.2) is 0 Å². The minimum atomic E-state index is -0.619. The Morgan fingerprint density at radius 2 is 2.25 bits per heavy atom. The molecule has 1 fully saturated rings. The van der Waals surface area contributed by atoms with E-state index in [9.17, 15) is 5.11 Å². The Hall–Kier alpha value is -0.340. The first-order valence-electron chi connectivity index (χ1n) is 4.50. The minimum absolute atomic E-state index is 0.0862. The third-order valence-corrected chi connectivity index (χ3v) is 2.23. The lowest BCUT2D eigenvalue weighted by Gasteiger charge is -2.19. The van der Waals surface area contributed by atoms with Gasteiger partial charge in [-0.2, -0.15) is 0 Å². The van der Waals surface area contributed by atoms with Gasteiger partial charge < -0.3 is 9.84 Å². The average Bonchev–Trinajstić information content (AvgIpc) is 2.65. The Morgan fingerprint density at radius 1 is 1.67 bits per heavy atom. The number of aliphatic hydroxyl groups is 1. The van der Waals surface area contributed by atoms with E-state index in [1.54, 1.807) is 0 Å². The van der Waals surface area contributed by atoms with Gasteiger partial charge >= 0.3 is 0 Å². The summed E-state index contributed by atoms with van der Waals surface area (Å²) in [6.07, 6.45) is 3.97. The van der Waals surface area contributed by atoms with Crippen molar-refractivity contribution in [3.05, 3.63) is 11.6 Å². The SMILES string of the molecule is CC(C)=CCCC(C)(O)[C@@H]1CO1. The second-order valence-electron chi connectivity index (χ2n) is 4.00. The fourth-order valence-corrected chi connectivity index (χ4v) is 1.22. The molecule has 1 N–H and O–H groups in total. The van der Waals surface area contributed by atoms with Gasteiger partial charge in [0.15, 0.2) is 0 Å². The normalized spacial score (nSPS) is 26.2. The van der Waals surface area contributed by atoms with Gasteiger partial charge in [-0.1, -0.05) is 11.6 Å². The van der Waals surface area contributed by atoms with Crippen LogP contribution in [0.2, 0.25) is 0 Å². The second kappa shape index (κ2) is 3.58. The molecule has 0 radical (unpaired) electrons. The van der Waals surface area contributed by atoms with Crippen LogP contribution in [0.15, 0.2) is 11.6 Å². The number of hydrogen-bond donors (Lipinski definition) is 1. The maximum absolute atomic E-state index is 9.81. The van der Waals surface area contributed by atoms with Crippen LogP contribution in [-0.4, -0.2) is 23.4 Å². The van der Waals surface area contributed by atoms with E-state index in [0.29, 0.717) is 0 Å². The molecule has 1 aliphatic heterocycles. The Balaban J connectivity index is 2.25. The summed E-state index contributed by atoms with van der Waals surface area (Å²) < 4.78 is 5.06. The molecule has 0 amide bonds. The molecule has 1 saturated heterocycles. The van der Waals surface area contributed by atoms with E-state index in [2.05, 4.69) is 19.9 Å². The largest absolute Gasteiger partial charge is 0.387 e. The van der Waals surface area contributed by atoms with Gasteiger partial charge in [0.1, 0.15) is 6.10 Å². The predicted molar refractivity (Wildman–Crippen MR) is 49.0 cm³/mol. The highest BCUT2D eigenvalue weighted by atomic mass is 16.6. The zero-order chi connectivity index (χ0) is 9.19. The summed E-state index contributed by atoms with van der Waals surface area (Å²) in [7, 11) is 0. The van der Waals surface area contributed by atoms with Crippen LogP contribution in [0.3, 0.4) is 0 Å². The second-order valence-corrected chi connectivity index (χ2v) is 4.00. The lowest BCUT2D eigenvalue weighted by Crippen LogP contribution is -2.30. The Labute approximate surface area is 74.2 Å². The number of epoxide rings is 1. The molecule has 0 aromatic rings. The molecule has 1 rings (SSSR count). The first kappa shape index (κ1) is 9.75. The summed E-state index contributed by atoms with van der Waals surface area (Å²) >= 11 is 0. The van der Waals surface area contributed by atoms with Crippen molar-refractivity contribution in [2.24, 2.45) is 0 Å². The third kappa shape index (κ3) is 2.95. The molecule has 0 spiro atoms. The van der Waals surface area contributed by atoms with Crippen LogP contribution < -0.4 is 0 Å². The Morgan fingerprint density at radius 3 is 2.67 bits per heavy atom. The zero-order valence-electron chi connectivity index (χ0n) is 8.13. The first-order valence-corrected chi connectivity index (χ1v) is 4.50. The fourth-order valence-electron chi connectivity index (χ4n) is 1.22. The predicted octanol–water partition coefficient (Wildman–Crippen LogP) is 1.88. The Bertz CT molecular complexity index is 174. The van der Waals surface area contributed by atoms with E-state index in [0.717, 1.165) is 19.4 Å². The van der Waals surface area contributed by atoms with E-state index >= 15 is 0 Å². The topological polar surface area (TPSA) is 32.8 Å². The van der Waals surface area contributed by atoms with Crippen LogP contribution >= 0.6 is 0 Å². The number of rotatable bonds is 4. The zero-order valence-corrected chi connectivity index (χ0v) is 8.13. The van der Waals surface area contributed by atoms with E-state index in [-0.39, 0.29) is 6.10 Å². The molecule has 0 aromatic heterocycles. The quantitative estimate of drug-likeness (QED) is 0.516. The molecule has 70 valence electrons. The highest BCUT2D eigenvalue weighted by molar-refractivity contribution is 4.97. The summed E-state index contributed by atoms with van der Waals surface area (Å²) in [5, 5.41) is 9.81. The average molecular weight is 170 g/mol. The maximum Gasteiger partial charge on any atom is 0.109 e. The van der Waals surface area contributed by atoms with Crippen LogP contribution in [0.4, 0.5) is 0 Å². The van der Waals surface area contributed by atoms with Gasteiger partial charge in [0, 0.05) is 0 Å². The van der Waals surface area contributed by atoms with E-state index < -0.39 is 5.60 Å². The molecule has 1 aliphatic rings. The molecule has 1 heterocycles. The van der Waals surface area contributed by atoms with Crippen molar-refractivity contribution in [3.63, 3.8) is 0 Å². The van der Waals surface area contributed by atoms with Crippen molar-refractivity contribution in [1.29, 1.82) is 0 Å². The van der Waals surface area contributed by atoms with Crippen molar-refractivity contribution in [2.75, 3.05) is 6.61 Å². The molecular weight excluding hydrogens is 152 g/mol. The van der Waals surface area contributed by atoms with Crippen molar-refractivity contribution in [3.8, 4) is 0 Å². The lowest BCUT2D eigenvalue weighted by atomic mass is 9.96. The van der Waals surface area contributed by atoms with Gasteiger partial charge in [-0.05, 0) is 33.6 Å². The monoisotopic (exact) mass is 170 g/mol. The summed E-state index contributed by atoms with van der Waals surface area (Å²) in [4.78, 5) is 0. The lowest BCUT2D eigenvalue weighted by molar-refractivity contribution is 0.0225. The maximum atomic E-state index is 9.81. The number of hydrogen-bond acceptors (Lipinski definition) is 2. The van der Waals surface area contributed by atoms with Crippen molar-refractivity contribution < 1.29 is 9.84 Å². The third-order valence-electron chi connectivity index (χ3n) is 2.23. The molecule has 0 aliphatic carbocycles. The van der Waals surface area contributed by atoms with Crippen LogP contribution in [0.25, 0.3) is 0 Å². The van der Waals surface area contributed by atoms with Crippen LogP contribution in [-0.2, 0) is 4.74 Å². The van der Waals surface area contributed by atoms with Gasteiger partial charge in [0.05, 0.1) is 12.2 Å². The van der Waals surface area contributed by atoms with Crippen LogP contribution in [0.5, 0.6) is 0 Å². The van der Waals surface area contributed by atoms with Gasteiger partial charge in [0.2, 0.25) is 0 Å². The highest BCUT2D eigenvalue weighted by Crippen LogP contribution is 2.28. The van der Waals surface area contributed by atoms with Crippen LogP contribution in [0, 0.1) is 0 Å². The molecule has 1 unspecified atom stereocenters. The van der Waals surface area contributed by atoms with Crippen molar-refractivity contribution in [1.82, 2.24) is 0 Å². The van der Waals surface area contributed by atoms with Crippen molar-refractivity contribution >= 4 is 0 Å². The minimum Gasteiger partial charge on any atom is -0.387 e. The molecule has 2 atom stereocenters. The van der Waals surface area contributed by atoms with Gasteiger partial charge in [-0.3, -0.25) is 0 Å². The fraction of sp³-hybridized carbons (Fsp3) is 0.800. The Kier molecular flexibility index (Phi) is 2.91.